The van der Waals surface area contributed by atoms with Crippen LogP contribution >= 0.6 is 0 Å². The first kappa shape index (κ1) is 35.9. The van der Waals surface area contributed by atoms with Crippen LogP contribution < -0.4 is 0 Å². The Morgan fingerprint density at radius 2 is 0.797 bits per heavy atom. The average Bonchev–Trinajstić information content (AvgIpc) is 3.77. The average molecular weight is 780 g/mol. The van der Waals surface area contributed by atoms with Crippen LogP contribution in [0.1, 0.15) is 16.7 Å². The molecule has 0 saturated carbocycles. The summed E-state index contributed by atoms with van der Waals surface area (Å²) in [7, 11) is 0. The summed E-state index contributed by atoms with van der Waals surface area (Å²) in [6, 6.07) is 48.2. The molecule has 0 bridgehead atoms. The molecule has 8 aromatic carbocycles. The van der Waals surface area contributed by atoms with Gasteiger partial charge in [0.15, 0.2) is 23.3 Å². The van der Waals surface area contributed by atoms with Gasteiger partial charge in [-0.3, -0.25) is 0 Å². The Hall–Kier alpha value is -7.50. The Kier molecular flexibility index (Phi) is 8.25. The number of hydrogen-bond acceptors (Lipinski definition) is 1. The smallest absolute Gasteiger partial charge is 0.200 e. The molecule has 0 amide bonds. The van der Waals surface area contributed by atoms with Crippen molar-refractivity contribution in [3.63, 3.8) is 0 Å². The van der Waals surface area contributed by atoms with Crippen LogP contribution in [0.5, 0.6) is 0 Å². The van der Waals surface area contributed by atoms with Crippen molar-refractivity contribution in [2.45, 2.75) is 13.8 Å². The van der Waals surface area contributed by atoms with Gasteiger partial charge in [-0.05, 0) is 101 Å². The van der Waals surface area contributed by atoms with E-state index in [4.69, 9.17) is 0 Å². The Morgan fingerprint density at radius 1 is 0.407 bits per heavy atom. The summed E-state index contributed by atoms with van der Waals surface area (Å²) in [6.07, 6.45) is 0. The van der Waals surface area contributed by atoms with Crippen LogP contribution in [0.15, 0.2) is 146 Å². The van der Waals surface area contributed by atoms with Crippen LogP contribution in [0, 0.1) is 54.3 Å². The molecule has 10 rings (SSSR count). The lowest BCUT2D eigenvalue weighted by Crippen LogP contribution is -2.08. The molecular weight excluding hydrogens is 750 g/mol. The Bertz CT molecular complexity index is 3230. The van der Waals surface area contributed by atoms with E-state index in [0.717, 1.165) is 54.9 Å². The second kappa shape index (κ2) is 13.6. The summed E-state index contributed by atoms with van der Waals surface area (Å²) in [5.74, 6) is -10.3. The van der Waals surface area contributed by atoms with E-state index in [1.165, 1.54) is 12.1 Å². The van der Waals surface area contributed by atoms with Gasteiger partial charge in [0, 0.05) is 21.5 Å². The second-order valence-electron chi connectivity index (χ2n) is 14.7. The number of aromatic nitrogens is 2. The number of aryl methyl sites for hydroxylation is 2. The molecule has 2 heterocycles. The first-order chi connectivity index (χ1) is 28.7. The van der Waals surface area contributed by atoms with Gasteiger partial charge in [-0.15, -0.1) is 0 Å². The zero-order valence-corrected chi connectivity index (χ0v) is 31.6. The van der Waals surface area contributed by atoms with E-state index >= 15 is 17.6 Å². The van der Waals surface area contributed by atoms with Gasteiger partial charge in [0.05, 0.1) is 39.0 Å². The maximum Gasteiger partial charge on any atom is 0.200 e. The summed E-state index contributed by atoms with van der Waals surface area (Å²) in [5.41, 5.74) is 7.97. The van der Waals surface area contributed by atoms with Crippen molar-refractivity contribution in [2.75, 3.05) is 0 Å². The van der Waals surface area contributed by atoms with E-state index in [0.29, 0.717) is 22.1 Å². The summed E-state index contributed by atoms with van der Waals surface area (Å²) >= 11 is 0. The fourth-order valence-corrected chi connectivity index (χ4v) is 8.68. The van der Waals surface area contributed by atoms with Crippen molar-refractivity contribution in [3.05, 3.63) is 191 Å². The fraction of sp³-hybridized carbons (Fsp3) is 0.0392. The number of benzene rings is 8. The van der Waals surface area contributed by atoms with Crippen LogP contribution in [0.3, 0.4) is 0 Å². The van der Waals surface area contributed by atoms with Gasteiger partial charge in [-0.2, -0.15) is 5.26 Å². The minimum atomic E-state index is -2.25. The summed E-state index contributed by atoms with van der Waals surface area (Å²) in [4.78, 5) is 0. The van der Waals surface area contributed by atoms with Crippen LogP contribution in [-0.4, -0.2) is 9.13 Å². The first-order valence-corrected chi connectivity index (χ1v) is 19.0. The molecule has 0 radical (unpaired) electrons. The van der Waals surface area contributed by atoms with E-state index in [2.05, 4.69) is 18.2 Å². The van der Waals surface area contributed by atoms with Gasteiger partial charge < -0.3 is 9.13 Å². The molecule has 0 aliphatic heterocycles. The molecule has 2 aromatic heterocycles. The molecule has 0 spiro atoms. The molecule has 10 aromatic rings. The lowest BCUT2D eigenvalue weighted by atomic mass is 9.98. The SMILES string of the molecule is Cc1ccccc1-c1ccc2c(c1)c1ccccc1n2-c1cc(-c2c(F)c(F)c(F)c(F)c2F)cc(-n2c3ccccc3c3cc(-c4ccccc4C)ccc32)c1C#N. The van der Waals surface area contributed by atoms with Gasteiger partial charge in [-0.1, -0.05) is 97.1 Å². The summed E-state index contributed by atoms with van der Waals surface area (Å²) < 4.78 is 80.0. The van der Waals surface area contributed by atoms with Gasteiger partial charge in [0.1, 0.15) is 11.6 Å². The Morgan fingerprint density at radius 3 is 1.24 bits per heavy atom. The first-order valence-electron chi connectivity index (χ1n) is 19.0. The minimum Gasteiger partial charge on any atom is -0.308 e. The quantitative estimate of drug-likeness (QED) is 0.0973. The van der Waals surface area contributed by atoms with Gasteiger partial charge >= 0.3 is 0 Å². The highest BCUT2D eigenvalue weighted by atomic mass is 19.2. The van der Waals surface area contributed by atoms with E-state index in [1.807, 2.05) is 144 Å². The Balaban J connectivity index is 1.34. The number of halogens is 5. The lowest BCUT2D eigenvalue weighted by Gasteiger charge is -2.19. The van der Waals surface area contributed by atoms with Gasteiger partial charge in [-0.25, -0.2) is 22.0 Å². The number of para-hydroxylation sites is 2. The molecule has 0 atom stereocenters. The van der Waals surface area contributed by atoms with Crippen LogP contribution in [0.2, 0.25) is 0 Å². The number of fused-ring (bicyclic) bond motifs is 6. The predicted octanol–water partition coefficient (Wildman–Crippen LogP) is 14.1. The van der Waals surface area contributed by atoms with Crippen LogP contribution in [0.4, 0.5) is 22.0 Å². The molecule has 0 saturated heterocycles. The summed E-state index contributed by atoms with van der Waals surface area (Å²) in [5, 5.41) is 14.6. The molecular formula is C51H30F5N3. The highest BCUT2D eigenvalue weighted by molar-refractivity contribution is 6.12. The van der Waals surface area contributed by atoms with E-state index < -0.39 is 34.6 Å². The molecule has 8 heteroatoms. The largest absolute Gasteiger partial charge is 0.308 e. The second-order valence-corrected chi connectivity index (χ2v) is 14.7. The normalized spacial score (nSPS) is 11.6. The Labute approximate surface area is 335 Å². The van der Waals surface area contributed by atoms with Crippen molar-refractivity contribution >= 4 is 43.6 Å². The number of rotatable bonds is 5. The number of nitriles is 1. The lowest BCUT2D eigenvalue weighted by molar-refractivity contribution is 0.381. The van der Waals surface area contributed by atoms with Crippen molar-refractivity contribution in [3.8, 4) is 50.8 Å². The van der Waals surface area contributed by atoms with Crippen LogP contribution in [-0.2, 0) is 0 Å². The third-order valence-electron chi connectivity index (χ3n) is 11.4. The van der Waals surface area contributed by atoms with E-state index in [1.54, 1.807) is 0 Å². The fourth-order valence-electron chi connectivity index (χ4n) is 8.68. The third kappa shape index (κ3) is 5.39. The zero-order chi connectivity index (χ0) is 40.7. The molecule has 284 valence electrons. The molecule has 59 heavy (non-hydrogen) atoms. The molecule has 0 unspecified atom stereocenters. The van der Waals surface area contributed by atoms with Crippen molar-refractivity contribution in [2.24, 2.45) is 0 Å². The number of nitrogens with zero attached hydrogens (tertiary/aromatic N) is 3. The van der Waals surface area contributed by atoms with Crippen molar-refractivity contribution in [1.82, 2.24) is 9.13 Å². The molecule has 0 aliphatic rings. The monoisotopic (exact) mass is 779 g/mol. The maximum atomic E-state index is 15.9. The van der Waals surface area contributed by atoms with Crippen molar-refractivity contribution < 1.29 is 22.0 Å². The van der Waals surface area contributed by atoms with E-state index in [9.17, 15) is 9.65 Å². The minimum absolute atomic E-state index is 0.119. The van der Waals surface area contributed by atoms with Crippen molar-refractivity contribution in [1.29, 1.82) is 5.26 Å². The predicted molar refractivity (Wildman–Crippen MR) is 225 cm³/mol. The highest BCUT2D eigenvalue weighted by Gasteiger charge is 2.30. The highest BCUT2D eigenvalue weighted by Crippen LogP contribution is 2.43. The maximum absolute atomic E-state index is 15.9. The molecule has 0 fully saturated rings. The topological polar surface area (TPSA) is 33.6 Å². The zero-order valence-electron chi connectivity index (χ0n) is 31.6. The van der Waals surface area contributed by atoms with Gasteiger partial charge in [0.2, 0.25) is 5.82 Å². The van der Waals surface area contributed by atoms with Gasteiger partial charge in [0.25, 0.3) is 0 Å². The standard InChI is InChI=1S/C51H30F5N3/c1-28-11-3-5-13-33(28)30-19-21-42-37(23-30)35-15-7-9-17-40(35)58(42)44-25-32(46-47(52)49(54)51(56)50(55)48(46)53)26-45(39(44)27-57)59-41-18-10-8-16-36(41)38-24-31(20-22-43(38)59)34-14-6-4-12-29(34)2/h3-26H,1-2H3. The number of hydrogen-bond donors (Lipinski definition) is 0. The molecule has 3 nitrogen and oxygen atoms in total. The van der Waals surface area contributed by atoms with Crippen LogP contribution in [0.25, 0.3) is 88.4 Å². The van der Waals surface area contributed by atoms with E-state index in [-0.39, 0.29) is 22.5 Å². The third-order valence-corrected chi connectivity index (χ3v) is 11.4. The molecule has 0 aliphatic carbocycles. The molecule has 0 N–H and O–H groups in total. The summed E-state index contributed by atoms with van der Waals surface area (Å²) in [6.45, 7) is 4.07.